The first-order chi connectivity index (χ1) is 8.92. The van der Waals surface area contributed by atoms with Crippen LogP contribution in [0, 0.1) is 0 Å². The first-order valence-corrected chi connectivity index (χ1v) is 7.17. The summed E-state index contributed by atoms with van der Waals surface area (Å²) < 4.78 is 0. The number of aromatic nitrogens is 2. The zero-order valence-corrected chi connectivity index (χ0v) is 12.4. The largest absolute Gasteiger partial charge is 0.359 e. The van der Waals surface area contributed by atoms with Gasteiger partial charge < -0.3 is 5.32 Å². The lowest BCUT2D eigenvalue weighted by molar-refractivity contribution is 0.136. The van der Waals surface area contributed by atoms with Crippen LogP contribution in [-0.4, -0.2) is 34.5 Å². The maximum Gasteiger partial charge on any atom is 0.261 e. The predicted octanol–water partition coefficient (Wildman–Crippen LogP) is 1.79. The molecule has 0 fully saturated rings. The molecule has 0 aromatic carbocycles. The van der Waals surface area contributed by atoms with E-state index in [2.05, 4.69) is 41.1 Å². The average molecular weight is 278 g/mol. The predicted molar refractivity (Wildman–Crippen MR) is 79.0 cm³/mol. The second kappa shape index (κ2) is 4.05. The third kappa shape index (κ3) is 1.86. The van der Waals surface area contributed by atoms with Crippen molar-refractivity contribution >= 4 is 27.5 Å². The number of aromatic amines is 1. The van der Waals surface area contributed by atoms with Gasteiger partial charge in [-0.2, -0.15) is 0 Å². The van der Waals surface area contributed by atoms with Crippen LogP contribution in [0.1, 0.15) is 24.3 Å². The van der Waals surface area contributed by atoms with E-state index in [-0.39, 0.29) is 11.1 Å². The number of hydrogen-bond donors (Lipinski definition) is 2. The number of fused-ring (bicyclic) bond motifs is 3. The quantitative estimate of drug-likeness (QED) is 0.835. The van der Waals surface area contributed by atoms with Gasteiger partial charge in [0.05, 0.1) is 5.39 Å². The molecule has 3 rings (SSSR count). The third-order valence-electron chi connectivity index (χ3n) is 4.00. The third-order valence-corrected chi connectivity index (χ3v) is 5.12. The summed E-state index contributed by atoms with van der Waals surface area (Å²) in [4.78, 5) is 23.9. The molecule has 0 aliphatic carbocycles. The number of hydrogen-bond acceptors (Lipinski definition) is 5. The Hall–Kier alpha value is -1.40. The minimum atomic E-state index is -0.0350. The summed E-state index contributed by atoms with van der Waals surface area (Å²) in [6.45, 7) is 5.31. The monoisotopic (exact) mass is 278 g/mol. The van der Waals surface area contributed by atoms with Crippen molar-refractivity contribution < 1.29 is 0 Å². The van der Waals surface area contributed by atoms with E-state index in [1.165, 1.54) is 10.4 Å². The molecule has 2 aromatic heterocycles. The second-order valence-electron chi connectivity index (χ2n) is 5.69. The van der Waals surface area contributed by atoms with E-state index < -0.39 is 0 Å². The highest BCUT2D eigenvalue weighted by molar-refractivity contribution is 7.18. The molecule has 3 heterocycles. The zero-order valence-electron chi connectivity index (χ0n) is 11.6. The number of nitrogens with one attached hydrogen (secondary N) is 2. The first kappa shape index (κ1) is 12.6. The Morgan fingerprint density at radius 3 is 2.89 bits per heavy atom. The summed E-state index contributed by atoms with van der Waals surface area (Å²) in [5.41, 5.74) is 1.22. The average Bonchev–Trinajstić information content (AvgIpc) is 2.66. The lowest BCUT2D eigenvalue weighted by Crippen LogP contribution is -2.45. The van der Waals surface area contributed by atoms with Crippen molar-refractivity contribution in [2.45, 2.75) is 32.4 Å². The molecule has 19 heavy (non-hydrogen) atoms. The fourth-order valence-electron chi connectivity index (χ4n) is 2.54. The highest BCUT2D eigenvalue weighted by Gasteiger charge is 2.33. The number of nitrogens with zero attached hydrogens (tertiary/aromatic N) is 2. The lowest BCUT2D eigenvalue weighted by Gasteiger charge is -2.39. The molecule has 2 aromatic rings. The van der Waals surface area contributed by atoms with Gasteiger partial charge in [-0.15, -0.1) is 11.3 Å². The Morgan fingerprint density at radius 1 is 1.47 bits per heavy atom. The SMILES string of the molecule is CNc1nc2sc3c(c2c(=O)[nH]1)CC(C)(C)N(C)C3. The molecule has 1 aliphatic rings. The van der Waals surface area contributed by atoms with E-state index in [9.17, 15) is 4.79 Å². The van der Waals surface area contributed by atoms with E-state index in [1.807, 2.05) is 0 Å². The maximum atomic E-state index is 12.2. The molecule has 0 atom stereocenters. The van der Waals surface area contributed by atoms with Gasteiger partial charge in [-0.1, -0.05) is 0 Å². The fraction of sp³-hybridized carbons (Fsp3) is 0.538. The van der Waals surface area contributed by atoms with Crippen LogP contribution in [0.4, 0.5) is 5.95 Å². The van der Waals surface area contributed by atoms with Gasteiger partial charge >= 0.3 is 0 Å². The van der Waals surface area contributed by atoms with Gasteiger partial charge in [0.15, 0.2) is 0 Å². The molecule has 0 amide bonds. The molecule has 6 heteroatoms. The lowest BCUT2D eigenvalue weighted by atomic mass is 9.88. The summed E-state index contributed by atoms with van der Waals surface area (Å²) in [6.07, 6.45) is 0.891. The van der Waals surface area contributed by atoms with E-state index in [4.69, 9.17) is 0 Å². The normalized spacial score (nSPS) is 18.5. The van der Waals surface area contributed by atoms with Gasteiger partial charge in [0.1, 0.15) is 4.83 Å². The molecule has 2 N–H and O–H groups in total. The maximum absolute atomic E-state index is 12.2. The molecular weight excluding hydrogens is 260 g/mol. The standard InChI is InChI=1S/C13H18N4OS/c1-13(2)5-7-8(6-17(13)4)19-11-9(7)10(18)15-12(14-3)16-11/h5-6H2,1-4H3,(H2,14,15,16,18). The molecule has 0 saturated carbocycles. The topological polar surface area (TPSA) is 61.0 Å². The molecule has 5 nitrogen and oxygen atoms in total. The molecule has 0 spiro atoms. The molecule has 0 unspecified atom stereocenters. The minimum Gasteiger partial charge on any atom is -0.359 e. The minimum absolute atomic E-state index is 0.0350. The van der Waals surface area contributed by atoms with Crippen LogP contribution in [0.25, 0.3) is 10.2 Å². The zero-order chi connectivity index (χ0) is 13.8. The van der Waals surface area contributed by atoms with Gasteiger partial charge in [0.25, 0.3) is 5.56 Å². The van der Waals surface area contributed by atoms with Crippen molar-refractivity contribution in [1.29, 1.82) is 0 Å². The summed E-state index contributed by atoms with van der Waals surface area (Å²) in [7, 11) is 3.89. The van der Waals surface area contributed by atoms with E-state index in [0.29, 0.717) is 5.95 Å². The Bertz CT molecular complexity index is 700. The van der Waals surface area contributed by atoms with E-state index >= 15 is 0 Å². The summed E-state index contributed by atoms with van der Waals surface area (Å²) in [6, 6.07) is 0. The smallest absolute Gasteiger partial charge is 0.261 e. The molecule has 1 aliphatic heterocycles. The van der Waals surface area contributed by atoms with Crippen LogP contribution in [0.2, 0.25) is 0 Å². The number of anilines is 1. The number of rotatable bonds is 1. The molecule has 0 bridgehead atoms. The summed E-state index contributed by atoms with van der Waals surface area (Å²) in [5.74, 6) is 0.531. The van der Waals surface area contributed by atoms with Crippen LogP contribution in [0.3, 0.4) is 0 Å². The Morgan fingerprint density at radius 2 is 2.21 bits per heavy atom. The van der Waals surface area contributed by atoms with Crippen molar-refractivity contribution in [3.63, 3.8) is 0 Å². The van der Waals surface area contributed by atoms with Crippen LogP contribution < -0.4 is 10.9 Å². The van der Waals surface area contributed by atoms with Crippen LogP contribution in [-0.2, 0) is 13.0 Å². The van der Waals surface area contributed by atoms with Crippen LogP contribution in [0.5, 0.6) is 0 Å². The molecule has 102 valence electrons. The highest BCUT2D eigenvalue weighted by atomic mass is 32.1. The molecular formula is C13H18N4OS. The van der Waals surface area contributed by atoms with E-state index in [0.717, 1.165) is 23.2 Å². The number of thiophene rings is 1. The van der Waals surface area contributed by atoms with Gasteiger partial charge in [-0.25, -0.2) is 4.98 Å². The van der Waals surface area contributed by atoms with Crippen molar-refractivity contribution in [2.75, 3.05) is 19.4 Å². The van der Waals surface area contributed by atoms with Gasteiger partial charge in [-0.05, 0) is 32.9 Å². The summed E-state index contributed by atoms with van der Waals surface area (Å²) in [5, 5.41) is 3.67. The highest BCUT2D eigenvalue weighted by Crippen LogP contribution is 2.37. The fourth-order valence-corrected chi connectivity index (χ4v) is 3.78. The van der Waals surface area contributed by atoms with Crippen LogP contribution >= 0.6 is 11.3 Å². The van der Waals surface area contributed by atoms with Gasteiger partial charge in [0, 0.05) is 24.0 Å². The Balaban J connectivity index is 2.26. The number of H-pyrrole nitrogens is 1. The molecule has 0 radical (unpaired) electrons. The second-order valence-corrected chi connectivity index (χ2v) is 6.78. The van der Waals surface area contributed by atoms with Crippen molar-refractivity contribution in [1.82, 2.24) is 14.9 Å². The number of likely N-dealkylation sites (N-methyl/N-ethyl adjacent to an activating group) is 1. The van der Waals surface area contributed by atoms with Crippen LogP contribution in [0.15, 0.2) is 4.79 Å². The van der Waals surface area contributed by atoms with E-state index in [1.54, 1.807) is 18.4 Å². The van der Waals surface area contributed by atoms with Gasteiger partial charge in [-0.3, -0.25) is 14.7 Å². The van der Waals surface area contributed by atoms with Crippen molar-refractivity contribution in [2.24, 2.45) is 0 Å². The first-order valence-electron chi connectivity index (χ1n) is 6.36. The molecule has 0 saturated heterocycles. The Labute approximate surface area is 115 Å². The van der Waals surface area contributed by atoms with Crippen molar-refractivity contribution in [3.05, 3.63) is 20.8 Å². The Kier molecular flexibility index (Phi) is 2.69. The summed E-state index contributed by atoms with van der Waals surface area (Å²) >= 11 is 1.64. The van der Waals surface area contributed by atoms with Crippen molar-refractivity contribution in [3.8, 4) is 0 Å². The van der Waals surface area contributed by atoms with Gasteiger partial charge in [0.2, 0.25) is 5.95 Å².